The summed E-state index contributed by atoms with van der Waals surface area (Å²) in [7, 11) is 0. The van der Waals surface area contributed by atoms with E-state index in [9.17, 15) is 20.1 Å². The molecule has 38 heavy (non-hydrogen) atoms. The molecule has 0 spiro atoms. The van der Waals surface area contributed by atoms with E-state index in [1.807, 2.05) is 63.6 Å². The topological polar surface area (TPSA) is 132 Å². The normalized spacial score (nSPS) is 24.4. The highest BCUT2D eigenvalue weighted by Gasteiger charge is 2.46. The Bertz CT molecular complexity index is 1100. The lowest BCUT2D eigenvalue weighted by atomic mass is 9.97. The number of esters is 1. The Kier molecular flexibility index (Phi) is 8.97. The van der Waals surface area contributed by atoms with Gasteiger partial charge in [-0.25, -0.2) is 0 Å². The van der Waals surface area contributed by atoms with E-state index in [4.69, 9.17) is 20.3 Å². The summed E-state index contributed by atoms with van der Waals surface area (Å²) in [6, 6.07) is 7.75. The monoisotopic (exact) mass is 535 g/mol. The quantitative estimate of drug-likeness (QED) is 0.415. The molecule has 2 heterocycles. The summed E-state index contributed by atoms with van der Waals surface area (Å²) in [5, 5.41) is 36.2. The molecule has 0 radical (unpaired) electrons. The average molecular weight is 536 g/mol. The van der Waals surface area contributed by atoms with Crippen LogP contribution in [0.4, 0.5) is 0 Å². The number of aliphatic hydroxyl groups excluding tert-OH is 3. The van der Waals surface area contributed by atoms with Gasteiger partial charge in [-0.15, -0.1) is 5.10 Å². The number of nitrogens with zero attached hydrogens (tertiary/aromatic N) is 2. The highest BCUT2D eigenvalue weighted by molar-refractivity contribution is 5.75. The molecule has 2 aromatic rings. The second-order valence-electron chi connectivity index (χ2n) is 11.0. The van der Waals surface area contributed by atoms with Crippen molar-refractivity contribution < 1.29 is 40.4 Å². The van der Waals surface area contributed by atoms with Gasteiger partial charge in [0.2, 0.25) is 12.2 Å². The van der Waals surface area contributed by atoms with E-state index in [1.165, 1.54) is 0 Å². The minimum Gasteiger partial charge on any atom is -0.491 e. The van der Waals surface area contributed by atoms with Gasteiger partial charge in [0.15, 0.2) is 0 Å². The van der Waals surface area contributed by atoms with E-state index >= 15 is 0 Å². The van der Waals surface area contributed by atoms with E-state index in [1.54, 1.807) is 13.8 Å². The lowest BCUT2D eigenvalue weighted by Crippen LogP contribution is -2.60. The number of benzene rings is 1. The molecule has 5 atom stereocenters. The van der Waals surface area contributed by atoms with Gasteiger partial charge in [-0.05, 0) is 73.1 Å². The summed E-state index contributed by atoms with van der Waals surface area (Å²) in [6.45, 7) is 12.4. The van der Waals surface area contributed by atoms with Crippen molar-refractivity contribution in [3.05, 3.63) is 41.1 Å². The van der Waals surface area contributed by atoms with Crippen LogP contribution in [0.15, 0.2) is 24.3 Å². The molecule has 1 aromatic heterocycles. The maximum Gasteiger partial charge on any atom is 0.311 e. The minimum absolute atomic E-state index is 0.0279. The molecule has 10 nitrogen and oxygen atoms in total. The van der Waals surface area contributed by atoms with Crippen LogP contribution in [0.1, 0.15) is 72.7 Å². The van der Waals surface area contributed by atoms with Crippen molar-refractivity contribution in [1.29, 1.82) is 0 Å². The van der Waals surface area contributed by atoms with Crippen LogP contribution in [0.5, 0.6) is 11.6 Å². The summed E-state index contributed by atoms with van der Waals surface area (Å²) < 4.78 is 32.1. The van der Waals surface area contributed by atoms with Crippen molar-refractivity contribution in [3.8, 4) is 11.6 Å². The summed E-state index contributed by atoms with van der Waals surface area (Å²) in [5.74, 6) is 0.358. The molecule has 0 amide bonds. The number of ether oxygens (including phenoxy) is 4. The molecule has 0 bridgehead atoms. The number of carbonyl (C=O) groups is 1. The molecule has 1 aromatic carbocycles. The van der Waals surface area contributed by atoms with Gasteiger partial charge in [-0.1, -0.05) is 12.1 Å². The van der Waals surface area contributed by atoms with Crippen molar-refractivity contribution in [3.63, 3.8) is 0 Å². The van der Waals surface area contributed by atoms with Crippen LogP contribution in [0.2, 0.25) is 0 Å². The predicted octanol–water partition coefficient (Wildman–Crippen LogP) is 2.93. The molecular weight excluding hydrogens is 492 g/mol. The Balaban J connectivity index is 1.82. The molecule has 1 aliphatic heterocycles. The van der Waals surface area contributed by atoms with Gasteiger partial charge in [0.1, 0.15) is 36.8 Å². The van der Waals surface area contributed by atoms with Gasteiger partial charge < -0.3 is 34.3 Å². The second-order valence-corrected chi connectivity index (χ2v) is 11.0. The molecule has 3 rings (SSSR count). The molecule has 10 heteroatoms. The number of aliphatic hydroxyl groups is 3. The molecule has 0 aliphatic carbocycles. The Hall–Kier alpha value is -2.66. The summed E-state index contributed by atoms with van der Waals surface area (Å²) >= 11 is 0. The Morgan fingerprint density at radius 2 is 1.79 bits per heavy atom. The zero-order valence-corrected chi connectivity index (χ0v) is 23.2. The fourth-order valence-electron chi connectivity index (χ4n) is 4.10. The highest BCUT2D eigenvalue weighted by atomic mass is 16.7. The smallest absolute Gasteiger partial charge is 0.311 e. The lowest BCUT2D eigenvalue weighted by molar-refractivity contribution is -0.279. The van der Waals surface area contributed by atoms with Crippen LogP contribution in [-0.4, -0.2) is 74.5 Å². The highest BCUT2D eigenvalue weighted by Crippen LogP contribution is 2.31. The second kappa shape index (κ2) is 12.0. The molecule has 3 N–H and O–H groups in total. The van der Waals surface area contributed by atoms with Crippen molar-refractivity contribution in [2.75, 3.05) is 6.61 Å². The van der Waals surface area contributed by atoms with Crippen molar-refractivity contribution in [2.24, 2.45) is 5.41 Å². The average Bonchev–Trinajstić information content (AvgIpc) is 3.19. The minimum atomic E-state index is -1.61. The van der Waals surface area contributed by atoms with Gasteiger partial charge in [-0.2, -0.15) is 0 Å². The lowest BCUT2D eigenvalue weighted by Gasteiger charge is -2.39. The van der Waals surface area contributed by atoms with Gasteiger partial charge in [0, 0.05) is 25.1 Å². The van der Waals surface area contributed by atoms with E-state index < -0.39 is 42.1 Å². The summed E-state index contributed by atoms with van der Waals surface area (Å²) in [5.41, 5.74) is 1.60. The van der Waals surface area contributed by atoms with Crippen LogP contribution in [-0.2, 0) is 20.7 Å². The first-order valence-corrected chi connectivity index (χ1v) is 12.9. The maximum atomic E-state index is 12.3. The third-order valence-corrected chi connectivity index (χ3v) is 6.23. The molecular formula is C28H42N2O8. The molecule has 1 fully saturated rings. The van der Waals surface area contributed by atoms with Crippen molar-refractivity contribution >= 4 is 5.97 Å². The van der Waals surface area contributed by atoms with Crippen LogP contribution >= 0.6 is 0 Å². The zero-order valence-electron chi connectivity index (χ0n) is 24.2. The third kappa shape index (κ3) is 7.05. The first kappa shape index (κ1) is 28.4. The standard InChI is InChI=1S/C28H42N2O8/c1-15(2)30-17(5)20(13-18-9-11-19(12-10-18)36-16(3)4)25(29-30)38-26-24(33)23(32)22(31)21(37-26)14-35-27(34)28(6,7)8/h9-12,15-16,21-24,26,31-33H,13-14H2,1-8H3/t21-,22-,23+,24-,26?/m1/s1/i6D. The van der Waals surface area contributed by atoms with Gasteiger partial charge >= 0.3 is 5.97 Å². The van der Waals surface area contributed by atoms with E-state index in [0.29, 0.717) is 6.42 Å². The number of hydrogen-bond donors (Lipinski definition) is 3. The first-order valence-electron chi connectivity index (χ1n) is 13.6. The fraction of sp³-hybridized carbons (Fsp3) is 0.643. The number of aromatic nitrogens is 2. The Morgan fingerprint density at radius 1 is 1.13 bits per heavy atom. The van der Waals surface area contributed by atoms with Gasteiger partial charge in [0.05, 0.1) is 11.5 Å². The first-order chi connectivity index (χ1) is 18.2. The van der Waals surface area contributed by atoms with E-state index in [-0.39, 0.29) is 31.5 Å². The van der Waals surface area contributed by atoms with Crippen LogP contribution in [0, 0.1) is 12.3 Å². The maximum absolute atomic E-state index is 12.3. The molecule has 0 saturated carbocycles. The molecule has 212 valence electrons. The van der Waals surface area contributed by atoms with Crippen molar-refractivity contribution in [2.45, 2.75) is 105 Å². The zero-order chi connectivity index (χ0) is 29.1. The van der Waals surface area contributed by atoms with Crippen LogP contribution in [0.3, 0.4) is 0 Å². The van der Waals surface area contributed by atoms with Crippen LogP contribution in [0.25, 0.3) is 0 Å². The van der Waals surface area contributed by atoms with E-state index in [2.05, 4.69) is 5.10 Å². The van der Waals surface area contributed by atoms with E-state index in [0.717, 1.165) is 22.6 Å². The fourth-order valence-corrected chi connectivity index (χ4v) is 4.10. The summed E-state index contributed by atoms with van der Waals surface area (Å²) in [4.78, 5) is 12.3. The summed E-state index contributed by atoms with van der Waals surface area (Å²) in [6.07, 6.45) is -6.71. The Morgan fingerprint density at radius 3 is 2.37 bits per heavy atom. The molecule has 1 aliphatic rings. The number of rotatable bonds is 9. The van der Waals surface area contributed by atoms with Crippen molar-refractivity contribution in [1.82, 2.24) is 9.78 Å². The Labute approximate surface area is 225 Å². The van der Waals surface area contributed by atoms with Gasteiger partial charge in [-0.3, -0.25) is 9.48 Å². The number of carbonyl (C=O) groups excluding carboxylic acids is 1. The van der Waals surface area contributed by atoms with Gasteiger partial charge in [0.25, 0.3) is 0 Å². The predicted molar refractivity (Wildman–Crippen MR) is 140 cm³/mol. The largest absolute Gasteiger partial charge is 0.491 e. The molecule has 1 unspecified atom stereocenters. The third-order valence-electron chi connectivity index (χ3n) is 6.23. The van der Waals surface area contributed by atoms with Crippen LogP contribution < -0.4 is 9.47 Å². The SMILES string of the molecule is [2H]CC(C)(C)C(=O)OC[C@H]1OC(Oc2nn(C(C)C)c(C)c2Cc2ccc(OC(C)C)cc2)[C@H](O)[C@@H](O)[C@@H]1O. The molecule has 1 saturated heterocycles. The number of hydrogen-bond acceptors (Lipinski definition) is 9.